The van der Waals surface area contributed by atoms with Crippen molar-refractivity contribution in [2.75, 3.05) is 7.11 Å². The minimum atomic E-state index is -1.07. The predicted molar refractivity (Wildman–Crippen MR) is 77.5 cm³/mol. The summed E-state index contributed by atoms with van der Waals surface area (Å²) in [4.78, 5) is 11.0. The first-order chi connectivity index (χ1) is 9.92. The Bertz CT molecular complexity index is 719. The fourth-order valence-electron chi connectivity index (χ4n) is 2.82. The lowest BCUT2D eigenvalue weighted by Gasteiger charge is -2.27. The summed E-state index contributed by atoms with van der Waals surface area (Å²) < 4.78 is 6.98. The van der Waals surface area contributed by atoms with Gasteiger partial charge in [0.2, 0.25) is 0 Å². The quantitative estimate of drug-likeness (QED) is 0.775. The van der Waals surface area contributed by atoms with Gasteiger partial charge in [0.15, 0.2) is 0 Å². The van der Waals surface area contributed by atoms with Crippen molar-refractivity contribution in [3.05, 3.63) is 35.5 Å². The van der Waals surface area contributed by atoms with Crippen molar-refractivity contribution in [3.8, 4) is 17.0 Å². The van der Waals surface area contributed by atoms with Crippen LogP contribution in [0.15, 0.2) is 24.4 Å². The normalized spacial score (nSPS) is 12.7. The molecule has 1 aliphatic rings. The van der Waals surface area contributed by atoms with Crippen LogP contribution in [0, 0.1) is 0 Å². The van der Waals surface area contributed by atoms with E-state index in [2.05, 4.69) is 10.4 Å². The molecule has 0 unspecified atom stereocenters. The number of benzene rings is 1. The van der Waals surface area contributed by atoms with Crippen LogP contribution in [0.4, 0.5) is 4.79 Å². The average Bonchev–Trinajstić information content (AvgIpc) is 2.94. The van der Waals surface area contributed by atoms with Gasteiger partial charge < -0.3 is 9.84 Å². The van der Waals surface area contributed by atoms with Gasteiger partial charge >= 0.3 is 6.09 Å². The smallest absolute Gasteiger partial charge is 0.406 e. The monoisotopic (exact) mass is 287 g/mol. The van der Waals surface area contributed by atoms with Gasteiger partial charge in [-0.25, -0.2) is 9.48 Å². The lowest BCUT2D eigenvalue weighted by Crippen LogP contribution is -2.46. The highest BCUT2D eigenvalue weighted by Gasteiger charge is 2.31. The molecule has 0 spiro atoms. The van der Waals surface area contributed by atoms with Crippen molar-refractivity contribution in [1.82, 2.24) is 15.1 Å². The summed E-state index contributed by atoms with van der Waals surface area (Å²) in [5, 5.41) is 15.9. The van der Waals surface area contributed by atoms with Crippen molar-refractivity contribution in [2.24, 2.45) is 0 Å². The number of hydrogen-bond acceptors (Lipinski definition) is 3. The molecule has 0 aliphatic heterocycles. The molecule has 2 N–H and O–H groups in total. The Morgan fingerprint density at radius 1 is 1.43 bits per heavy atom. The van der Waals surface area contributed by atoms with Crippen LogP contribution in [-0.2, 0) is 12.1 Å². The first kappa shape index (κ1) is 13.5. The van der Waals surface area contributed by atoms with Gasteiger partial charge in [-0.1, -0.05) is 0 Å². The molecule has 0 bridgehead atoms. The van der Waals surface area contributed by atoms with E-state index >= 15 is 0 Å². The summed E-state index contributed by atoms with van der Waals surface area (Å²) in [6.45, 7) is 3.58. The zero-order valence-electron chi connectivity index (χ0n) is 12.2. The van der Waals surface area contributed by atoms with Gasteiger partial charge in [-0.2, -0.15) is 5.10 Å². The van der Waals surface area contributed by atoms with E-state index in [0.29, 0.717) is 0 Å². The second-order valence-electron chi connectivity index (χ2n) is 5.62. The highest BCUT2D eigenvalue weighted by Crippen LogP contribution is 2.39. The summed E-state index contributed by atoms with van der Waals surface area (Å²) in [5.74, 6) is 0.821. The van der Waals surface area contributed by atoms with E-state index in [-0.39, 0.29) is 0 Å². The van der Waals surface area contributed by atoms with Crippen LogP contribution in [0.3, 0.4) is 0 Å². The van der Waals surface area contributed by atoms with Crippen molar-refractivity contribution < 1.29 is 14.6 Å². The molecule has 6 heteroatoms. The molecular weight excluding hydrogens is 270 g/mol. The second-order valence-corrected chi connectivity index (χ2v) is 5.62. The summed E-state index contributed by atoms with van der Waals surface area (Å²) in [6, 6.07) is 5.91. The Labute approximate surface area is 122 Å². The molecule has 0 saturated heterocycles. The predicted octanol–water partition coefficient (Wildman–Crippen LogP) is 2.42. The molecule has 6 nitrogen and oxygen atoms in total. The number of carbonyl (C=O) groups is 1. The van der Waals surface area contributed by atoms with Crippen LogP contribution in [-0.4, -0.2) is 28.1 Å². The maximum absolute atomic E-state index is 11.0. The van der Waals surface area contributed by atoms with E-state index in [1.807, 2.05) is 18.2 Å². The third-order valence-corrected chi connectivity index (χ3v) is 3.74. The van der Waals surface area contributed by atoms with Gasteiger partial charge in [0.1, 0.15) is 11.4 Å². The van der Waals surface area contributed by atoms with Gasteiger partial charge in [0.25, 0.3) is 0 Å². The Kier molecular flexibility index (Phi) is 2.90. The molecule has 0 atom stereocenters. The van der Waals surface area contributed by atoms with E-state index in [1.165, 1.54) is 5.56 Å². The topological polar surface area (TPSA) is 76.4 Å². The van der Waals surface area contributed by atoms with E-state index in [1.54, 1.807) is 31.8 Å². The van der Waals surface area contributed by atoms with E-state index in [4.69, 9.17) is 9.84 Å². The minimum absolute atomic E-state index is 0.783. The van der Waals surface area contributed by atoms with Crippen molar-refractivity contribution in [1.29, 1.82) is 0 Å². The third-order valence-electron chi connectivity index (χ3n) is 3.74. The van der Waals surface area contributed by atoms with Gasteiger partial charge in [0.05, 0.1) is 19.0 Å². The van der Waals surface area contributed by atoms with Gasteiger partial charge in [0, 0.05) is 17.5 Å². The number of methoxy groups -OCH3 is 1. The first-order valence-corrected chi connectivity index (χ1v) is 6.68. The van der Waals surface area contributed by atoms with E-state index in [9.17, 15) is 4.79 Å². The molecular formula is C15H17N3O3. The molecule has 0 fully saturated rings. The zero-order chi connectivity index (χ0) is 15.2. The average molecular weight is 287 g/mol. The number of amides is 1. The lowest BCUT2D eigenvalue weighted by atomic mass is 10.1. The second kappa shape index (κ2) is 4.51. The molecule has 0 saturated carbocycles. The molecule has 0 radical (unpaired) electrons. The van der Waals surface area contributed by atoms with Crippen LogP contribution in [0.2, 0.25) is 0 Å². The fraction of sp³-hybridized carbons (Fsp3) is 0.333. The van der Waals surface area contributed by atoms with Crippen molar-refractivity contribution in [3.63, 3.8) is 0 Å². The number of hydrogen-bond donors (Lipinski definition) is 2. The van der Waals surface area contributed by atoms with Gasteiger partial charge in [-0.05, 0) is 37.6 Å². The molecule has 2 aromatic rings. The highest BCUT2D eigenvalue weighted by molar-refractivity contribution is 5.75. The SMILES string of the molecule is COc1ccc2c(c1)Cc1cnn(C(C)(C)NC(=O)O)c1-2. The van der Waals surface area contributed by atoms with Crippen LogP contribution in [0.1, 0.15) is 25.0 Å². The number of carboxylic acid groups (broad SMARTS) is 1. The summed E-state index contributed by atoms with van der Waals surface area (Å²) in [7, 11) is 1.64. The Hall–Kier alpha value is -2.50. The van der Waals surface area contributed by atoms with Crippen molar-refractivity contribution >= 4 is 6.09 Å². The molecule has 1 aromatic heterocycles. The number of aromatic nitrogens is 2. The summed E-state index contributed by atoms with van der Waals surface area (Å²) in [5.41, 5.74) is 3.48. The molecule has 1 aliphatic carbocycles. The van der Waals surface area contributed by atoms with Crippen LogP contribution < -0.4 is 10.1 Å². The number of rotatable bonds is 3. The molecule has 1 aromatic carbocycles. The Morgan fingerprint density at radius 3 is 2.86 bits per heavy atom. The third kappa shape index (κ3) is 2.12. The van der Waals surface area contributed by atoms with Crippen molar-refractivity contribution in [2.45, 2.75) is 25.9 Å². The first-order valence-electron chi connectivity index (χ1n) is 6.68. The van der Waals surface area contributed by atoms with Gasteiger partial charge in [-0.3, -0.25) is 5.32 Å². The van der Waals surface area contributed by atoms with Crippen LogP contribution >= 0.6 is 0 Å². The number of fused-ring (bicyclic) bond motifs is 3. The number of nitrogens with one attached hydrogen (secondary N) is 1. The Balaban J connectivity index is 2.08. The largest absolute Gasteiger partial charge is 0.497 e. The molecule has 110 valence electrons. The number of nitrogens with zero attached hydrogens (tertiary/aromatic N) is 2. The highest BCUT2D eigenvalue weighted by atomic mass is 16.5. The van der Waals surface area contributed by atoms with E-state index in [0.717, 1.165) is 29.0 Å². The maximum atomic E-state index is 11.0. The molecule has 3 rings (SSSR count). The fourth-order valence-corrected chi connectivity index (χ4v) is 2.82. The maximum Gasteiger partial charge on any atom is 0.406 e. The lowest BCUT2D eigenvalue weighted by molar-refractivity contribution is 0.163. The van der Waals surface area contributed by atoms with E-state index < -0.39 is 11.8 Å². The molecule has 21 heavy (non-hydrogen) atoms. The standard InChI is InChI=1S/C15H17N3O3/c1-15(2,17-14(19)20)18-13-10(8-16-18)6-9-7-11(21-3)4-5-12(9)13/h4-5,7-8,17H,6H2,1-3H3,(H,19,20). The Morgan fingerprint density at radius 2 is 2.19 bits per heavy atom. The molecule has 1 heterocycles. The number of ether oxygens (including phenoxy) is 1. The minimum Gasteiger partial charge on any atom is -0.497 e. The molecule has 1 amide bonds. The van der Waals surface area contributed by atoms with Crippen LogP contribution in [0.5, 0.6) is 5.75 Å². The summed E-state index contributed by atoms with van der Waals surface area (Å²) >= 11 is 0. The van der Waals surface area contributed by atoms with Gasteiger partial charge in [-0.15, -0.1) is 0 Å². The summed E-state index contributed by atoms with van der Waals surface area (Å²) in [6.07, 6.45) is 1.51. The zero-order valence-corrected chi connectivity index (χ0v) is 12.2. The van der Waals surface area contributed by atoms with Crippen LogP contribution in [0.25, 0.3) is 11.3 Å².